The Labute approximate surface area is 78.4 Å². The van der Waals surface area contributed by atoms with E-state index in [1.165, 1.54) is 11.2 Å². The molecule has 0 N–H and O–H groups in total. The third-order valence-electron chi connectivity index (χ3n) is 2.08. The van der Waals surface area contributed by atoms with Gasteiger partial charge in [0.1, 0.15) is 0 Å². The van der Waals surface area contributed by atoms with Crippen molar-refractivity contribution in [3.05, 3.63) is 6.26 Å². The van der Waals surface area contributed by atoms with Crippen LogP contribution in [0.2, 0.25) is 0 Å². The number of hydrogen-bond donors (Lipinski definition) is 0. The summed E-state index contributed by atoms with van der Waals surface area (Å²) in [5.74, 6) is -0.0129. The van der Waals surface area contributed by atoms with Crippen molar-refractivity contribution in [3.63, 3.8) is 0 Å². The largest absolute Gasteiger partial charge is 0.340 e. The summed E-state index contributed by atoms with van der Waals surface area (Å²) >= 11 is 0. The van der Waals surface area contributed by atoms with Crippen molar-refractivity contribution in [2.24, 2.45) is 0 Å². The molecule has 5 nitrogen and oxygen atoms in total. The summed E-state index contributed by atoms with van der Waals surface area (Å²) in [4.78, 5) is 12.5. The molecule has 1 heterocycles. The summed E-state index contributed by atoms with van der Waals surface area (Å²) in [6, 6.07) is 0. The Morgan fingerprint density at radius 2 is 1.69 bits per heavy atom. The average molecular weight is 205 g/mol. The van der Waals surface area contributed by atoms with Gasteiger partial charge in [0.05, 0.1) is 6.26 Å². The number of rotatable bonds is 1. The van der Waals surface area contributed by atoms with Gasteiger partial charge in [0.25, 0.3) is 0 Å². The third-order valence-corrected chi connectivity index (χ3v) is 3.23. The van der Waals surface area contributed by atoms with Gasteiger partial charge in [0, 0.05) is 33.1 Å². The van der Waals surface area contributed by atoms with Crippen LogP contribution < -0.4 is 0 Å². The average Bonchev–Trinajstić information content (AvgIpc) is 2.03. The van der Waals surface area contributed by atoms with Crippen LogP contribution in [0.4, 0.5) is 0 Å². The highest BCUT2D eigenvalue weighted by Crippen LogP contribution is 2.06. The zero-order valence-corrected chi connectivity index (χ0v) is 8.38. The molecular formula is C7H13N2O3S. The van der Waals surface area contributed by atoms with Crippen LogP contribution in [-0.2, 0) is 14.8 Å². The highest BCUT2D eigenvalue weighted by molar-refractivity contribution is 7.90. The SMILES string of the molecule is [CH2]S(=O)(=O)N1CCN(C(C)=O)CC1. The second-order valence-corrected chi connectivity index (χ2v) is 4.70. The Bertz CT molecular complexity index is 291. The number of sulfonamides is 1. The van der Waals surface area contributed by atoms with Crippen LogP contribution in [0, 0.1) is 6.26 Å². The summed E-state index contributed by atoms with van der Waals surface area (Å²) in [6.45, 7) is 3.11. The maximum Gasteiger partial charge on any atom is 0.219 e. The number of hydrogen-bond acceptors (Lipinski definition) is 3. The zero-order valence-electron chi connectivity index (χ0n) is 7.56. The predicted octanol–water partition coefficient (Wildman–Crippen LogP) is -0.728. The minimum Gasteiger partial charge on any atom is -0.340 e. The van der Waals surface area contributed by atoms with Gasteiger partial charge >= 0.3 is 0 Å². The van der Waals surface area contributed by atoms with E-state index in [1.54, 1.807) is 4.90 Å². The maximum absolute atomic E-state index is 11.0. The van der Waals surface area contributed by atoms with Crippen molar-refractivity contribution in [2.45, 2.75) is 6.92 Å². The van der Waals surface area contributed by atoms with Crippen LogP contribution >= 0.6 is 0 Å². The third kappa shape index (κ3) is 2.67. The topological polar surface area (TPSA) is 57.7 Å². The highest BCUT2D eigenvalue weighted by atomic mass is 32.2. The first-order valence-corrected chi connectivity index (χ1v) is 5.61. The summed E-state index contributed by atoms with van der Waals surface area (Å²) in [6.07, 6.45) is 3.06. The van der Waals surface area contributed by atoms with Gasteiger partial charge < -0.3 is 4.90 Å². The minimum atomic E-state index is -3.33. The van der Waals surface area contributed by atoms with E-state index >= 15 is 0 Å². The first-order valence-electron chi connectivity index (χ1n) is 4.00. The van der Waals surface area contributed by atoms with E-state index in [4.69, 9.17) is 0 Å². The van der Waals surface area contributed by atoms with Gasteiger partial charge in [0.2, 0.25) is 15.9 Å². The molecule has 75 valence electrons. The first-order chi connectivity index (χ1) is 5.91. The Hall–Kier alpha value is -0.620. The molecule has 0 spiro atoms. The molecule has 0 unspecified atom stereocenters. The molecular weight excluding hydrogens is 192 g/mol. The number of piperazine rings is 1. The Kier molecular flexibility index (Phi) is 2.92. The molecule has 1 radical (unpaired) electrons. The second kappa shape index (κ2) is 3.63. The van der Waals surface area contributed by atoms with Gasteiger partial charge in [-0.1, -0.05) is 0 Å². The van der Waals surface area contributed by atoms with E-state index in [2.05, 4.69) is 6.26 Å². The van der Waals surface area contributed by atoms with Gasteiger partial charge in [0.15, 0.2) is 0 Å². The molecule has 1 amide bonds. The molecule has 1 fully saturated rings. The molecule has 6 heteroatoms. The van der Waals surface area contributed by atoms with Gasteiger partial charge in [-0.2, -0.15) is 4.31 Å². The maximum atomic E-state index is 11.0. The monoisotopic (exact) mass is 205 g/mol. The smallest absolute Gasteiger partial charge is 0.219 e. The van der Waals surface area contributed by atoms with E-state index in [9.17, 15) is 13.2 Å². The first kappa shape index (κ1) is 10.5. The fourth-order valence-electron chi connectivity index (χ4n) is 1.28. The van der Waals surface area contributed by atoms with Crippen LogP contribution in [0.3, 0.4) is 0 Å². The van der Waals surface area contributed by atoms with Crippen molar-refractivity contribution in [1.29, 1.82) is 0 Å². The van der Waals surface area contributed by atoms with Crippen molar-refractivity contribution in [1.82, 2.24) is 9.21 Å². The zero-order chi connectivity index (χ0) is 10.1. The van der Waals surface area contributed by atoms with E-state index in [-0.39, 0.29) is 5.91 Å². The molecule has 1 aliphatic rings. The molecule has 13 heavy (non-hydrogen) atoms. The molecule has 0 aromatic heterocycles. The van der Waals surface area contributed by atoms with Crippen LogP contribution in [0.1, 0.15) is 6.92 Å². The predicted molar refractivity (Wildman–Crippen MR) is 48.1 cm³/mol. The van der Waals surface area contributed by atoms with Crippen LogP contribution in [0.25, 0.3) is 0 Å². The van der Waals surface area contributed by atoms with E-state index < -0.39 is 10.0 Å². The lowest BCUT2D eigenvalue weighted by Crippen LogP contribution is -2.49. The Balaban J connectivity index is 2.53. The summed E-state index contributed by atoms with van der Waals surface area (Å²) in [5, 5.41) is 0. The Morgan fingerprint density at radius 1 is 1.23 bits per heavy atom. The van der Waals surface area contributed by atoms with Crippen molar-refractivity contribution in [3.8, 4) is 0 Å². The Morgan fingerprint density at radius 3 is 2.00 bits per heavy atom. The summed E-state index contributed by atoms with van der Waals surface area (Å²) in [7, 11) is -3.33. The van der Waals surface area contributed by atoms with E-state index in [0.29, 0.717) is 26.2 Å². The van der Waals surface area contributed by atoms with E-state index in [0.717, 1.165) is 0 Å². The standard InChI is InChI=1S/C7H13N2O3S/c1-7(10)8-3-5-9(6-4-8)13(2,11)12/h2-6H2,1H3. The molecule has 0 saturated carbocycles. The molecule has 1 saturated heterocycles. The summed E-state index contributed by atoms with van der Waals surface area (Å²) < 4.78 is 23.2. The lowest BCUT2D eigenvalue weighted by atomic mass is 10.3. The number of carbonyl (C=O) groups is 1. The molecule has 1 rings (SSSR count). The number of carbonyl (C=O) groups excluding carboxylic acids is 1. The molecule has 0 atom stereocenters. The fourth-order valence-corrected chi connectivity index (χ4v) is 2.00. The van der Waals surface area contributed by atoms with Crippen molar-refractivity contribution < 1.29 is 13.2 Å². The van der Waals surface area contributed by atoms with Crippen molar-refractivity contribution in [2.75, 3.05) is 26.2 Å². The van der Waals surface area contributed by atoms with Gasteiger partial charge in [-0.25, -0.2) is 8.42 Å². The molecule has 1 aliphatic heterocycles. The van der Waals surface area contributed by atoms with Gasteiger partial charge in [-0.15, -0.1) is 0 Å². The number of nitrogens with zero attached hydrogens (tertiary/aromatic N) is 2. The fraction of sp³-hybridized carbons (Fsp3) is 0.714. The number of amides is 1. The lowest BCUT2D eigenvalue weighted by molar-refractivity contribution is -0.129. The molecule has 0 bridgehead atoms. The second-order valence-electron chi connectivity index (χ2n) is 3.02. The van der Waals surface area contributed by atoms with Crippen molar-refractivity contribution >= 4 is 15.9 Å². The van der Waals surface area contributed by atoms with Gasteiger partial charge in [-0.05, 0) is 0 Å². The van der Waals surface area contributed by atoms with Crippen LogP contribution in [0.5, 0.6) is 0 Å². The molecule has 0 aromatic carbocycles. The normalized spacial score (nSPS) is 20.3. The van der Waals surface area contributed by atoms with E-state index in [1.807, 2.05) is 0 Å². The van der Waals surface area contributed by atoms with Crippen LogP contribution in [-0.4, -0.2) is 49.7 Å². The summed E-state index contributed by atoms with van der Waals surface area (Å²) in [5.41, 5.74) is 0. The quantitative estimate of drug-likeness (QED) is 0.567. The minimum absolute atomic E-state index is 0.0129. The van der Waals surface area contributed by atoms with Crippen LogP contribution in [0.15, 0.2) is 0 Å². The molecule has 0 aromatic rings. The lowest BCUT2D eigenvalue weighted by Gasteiger charge is -2.32. The molecule has 0 aliphatic carbocycles. The van der Waals surface area contributed by atoms with Gasteiger partial charge in [-0.3, -0.25) is 4.79 Å². The highest BCUT2D eigenvalue weighted by Gasteiger charge is 2.24.